The Bertz CT molecular complexity index is 267. The van der Waals surface area contributed by atoms with Crippen LogP contribution >= 0.6 is 0 Å². The Morgan fingerprint density at radius 2 is 1.50 bits per heavy atom. The first-order chi connectivity index (χ1) is 8.72. The van der Waals surface area contributed by atoms with Crippen molar-refractivity contribution in [3.8, 4) is 0 Å². The van der Waals surface area contributed by atoms with E-state index in [1.165, 1.54) is 65.0 Å². The van der Waals surface area contributed by atoms with Crippen LogP contribution in [0.3, 0.4) is 0 Å². The van der Waals surface area contributed by atoms with Gasteiger partial charge in [-0.05, 0) is 45.2 Å². The number of hydrogen-bond acceptors (Lipinski definition) is 3. The second-order valence-corrected chi connectivity index (χ2v) is 6.88. The predicted molar refractivity (Wildman–Crippen MR) is 75.9 cm³/mol. The van der Waals surface area contributed by atoms with Gasteiger partial charge in [-0.1, -0.05) is 6.92 Å². The molecular formula is C15H29N3. The number of rotatable bonds is 2. The van der Waals surface area contributed by atoms with Crippen LogP contribution in [-0.2, 0) is 0 Å². The molecule has 0 saturated carbocycles. The van der Waals surface area contributed by atoms with Crippen LogP contribution in [0.1, 0.15) is 32.6 Å². The van der Waals surface area contributed by atoms with Gasteiger partial charge in [0.1, 0.15) is 0 Å². The minimum Gasteiger partial charge on any atom is -0.303 e. The average Bonchev–Trinajstić information content (AvgIpc) is 2.35. The van der Waals surface area contributed by atoms with Crippen molar-refractivity contribution in [3.63, 3.8) is 0 Å². The van der Waals surface area contributed by atoms with Gasteiger partial charge in [0.2, 0.25) is 0 Å². The van der Waals surface area contributed by atoms with Gasteiger partial charge in [0, 0.05) is 44.8 Å². The fourth-order valence-corrected chi connectivity index (χ4v) is 4.07. The SMILES string of the molecule is CC1CCCN(C2CCN(C3CN(C)C3)CC2)C1. The summed E-state index contributed by atoms with van der Waals surface area (Å²) in [5.41, 5.74) is 0. The van der Waals surface area contributed by atoms with Gasteiger partial charge in [-0.15, -0.1) is 0 Å². The molecule has 3 rings (SSSR count). The average molecular weight is 251 g/mol. The molecule has 0 spiro atoms. The second-order valence-electron chi connectivity index (χ2n) is 6.88. The van der Waals surface area contributed by atoms with E-state index < -0.39 is 0 Å². The fourth-order valence-electron chi connectivity index (χ4n) is 4.07. The maximum absolute atomic E-state index is 2.79. The Morgan fingerprint density at radius 3 is 2.11 bits per heavy atom. The van der Waals surface area contributed by atoms with Crippen LogP contribution in [0.15, 0.2) is 0 Å². The normalized spacial score (nSPS) is 34.7. The lowest BCUT2D eigenvalue weighted by Gasteiger charge is -2.48. The third-order valence-corrected chi connectivity index (χ3v) is 5.27. The predicted octanol–water partition coefficient (Wildman–Crippen LogP) is 1.50. The van der Waals surface area contributed by atoms with Crippen molar-refractivity contribution in [1.82, 2.24) is 14.7 Å². The van der Waals surface area contributed by atoms with Gasteiger partial charge < -0.3 is 9.80 Å². The maximum Gasteiger partial charge on any atom is 0.0350 e. The first-order valence-corrected chi connectivity index (χ1v) is 7.89. The number of piperidine rings is 2. The van der Waals surface area contributed by atoms with Gasteiger partial charge in [0.05, 0.1) is 0 Å². The van der Waals surface area contributed by atoms with Gasteiger partial charge in [0.15, 0.2) is 0 Å². The minimum atomic E-state index is 0.872. The summed E-state index contributed by atoms with van der Waals surface area (Å²) in [6, 6.07) is 1.76. The van der Waals surface area contributed by atoms with Crippen molar-refractivity contribution in [2.45, 2.75) is 44.7 Å². The van der Waals surface area contributed by atoms with E-state index in [0.717, 1.165) is 18.0 Å². The fraction of sp³-hybridized carbons (Fsp3) is 1.00. The van der Waals surface area contributed by atoms with E-state index in [-0.39, 0.29) is 0 Å². The van der Waals surface area contributed by atoms with Gasteiger partial charge >= 0.3 is 0 Å². The quantitative estimate of drug-likeness (QED) is 0.736. The summed E-state index contributed by atoms with van der Waals surface area (Å²) in [6.45, 7) is 10.4. The van der Waals surface area contributed by atoms with Crippen LogP contribution in [0, 0.1) is 5.92 Å². The van der Waals surface area contributed by atoms with Gasteiger partial charge in [-0.2, -0.15) is 0 Å². The summed E-state index contributed by atoms with van der Waals surface area (Å²) in [4.78, 5) is 7.96. The molecule has 18 heavy (non-hydrogen) atoms. The molecule has 0 N–H and O–H groups in total. The first kappa shape index (κ1) is 12.9. The molecule has 3 aliphatic rings. The Kier molecular flexibility index (Phi) is 3.92. The lowest BCUT2D eigenvalue weighted by molar-refractivity contribution is 0.00988. The summed E-state index contributed by atoms with van der Waals surface area (Å²) in [5, 5.41) is 0. The summed E-state index contributed by atoms with van der Waals surface area (Å²) in [5.74, 6) is 0.928. The highest BCUT2D eigenvalue weighted by molar-refractivity contribution is 4.90. The molecule has 0 aromatic heterocycles. The van der Waals surface area contributed by atoms with Crippen molar-refractivity contribution in [2.75, 3.05) is 46.3 Å². The summed E-state index contributed by atoms with van der Waals surface area (Å²) in [6.07, 6.45) is 5.69. The van der Waals surface area contributed by atoms with Crippen molar-refractivity contribution in [2.24, 2.45) is 5.92 Å². The molecule has 0 aromatic carbocycles. The monoisotopic (exact) mass is 251 g/mol. The van der Waals surface area contributed by atoms with Crippen LogP contribution < -0.4 is 0 Å². The zero-order valence-electron chi connectivity index (χ0n) is 12.1. The molecule has 3 nitrogen and oxygen atoms in total. The van der Waals surface area contributed by atoms with E-state index in [1.54, 1.807) is 0 Å². The van der Waals surface area contributed by atoms with Crippen LogP contribution in [0.4, 0.5) is 0 Å². The van der Waals surface area contributed by atoms with Crippen molar-refractivity contribution >= 4 is 0 Å². The lowest BCUT2D eigenvalue weighted by atomic mass is 9.94. The van der Waals surface area contributed by atoms with Crippen LogP contribution in [0.5, 0.6) is 0 Å². The topological polar surface area (TPSA) is 9.72 Å². The van der Waals surface area contributed by atoms with Crippen LogP contribution in [0.25, 0.3) is 0 Å². The molecule has 1 atom stereocenters. The zero-order chi connectivity index (χ0) is 12.5. The van der Waals surface area contributed by atoms with Crippen molar-refractivity contribution in [1.29, 1.82) is 0 Å². The number of nitrogens with zero attached hydrogens (tertiary/aromatic N) is 3. The van der Waals surface area contributed by atoms with Gasteiger partial charge in [-0.25, -0.2) is 0 Å². The van der Waals surface area contributed by atoms with E-state index in [2.05, 4.69) is 28.7 Å². The van der Waals surface area contributed by atoms with Crippen molar-refractivity contribution in [3.05, 3.63) is 0 Å². The molecule has 3 heterocycles. The highest BCUT2D eigenvalue weighted by Gasteiger charge is 2.33. The summed E-state index contributed by atoms with van der Waals surface area (Å²) < 4.78 is 0. The molecule has 1 unspecified atom stereocenters. The smallest absolute Gasteiger partial charge is 0.0350 e. The largest absolute Gasteiger partial charge is 0.303 e. The Labute approximate surface area is 112 Å². The number of hydrogen-bond donors (Lipinski definition) is 0. The van der Waals surface area contributed by atoms with Gasteiger partial charge in [0.25, 0.3) is 0 Å². The summed E-state index contributed by atoms with van der Waals surface area (Å²) >= 11 is 0. The molecule has 3 fully saturated rings. The van der Waals surface area contributed by atoms with E-state index in [0.29, 0.717) is 0 Å². The van der Waals surface area contributed by atoms with Crippen LogP contribution in [-0.4, -0.2) is 73.1 Å². The lowest BCUT2D eigenvalue weighted by Crippen LogP contribution is -2.60. The van der Waals surface area contributed by atoms with E-state index in [9.17, 15) is 0 Å². The third kappa shape index (κ3) is 2.73. The van der Waals surface area contributed by atoms with E-state index >= 15 is 0 Å². The first-order valence-electron chi connectivity index (χ1n) is 7.89. The van der Waals surface area contributed by atoms with E-state index in [4.69, 9.17) is 0 Å². The minimum absolute atomic E-state index is 0.872. The summed E-state index contributed by atoms with van der Waals surface area (Å²) in [7, 11) is 2.23. The molecule has 3 heteroatoms. The molecule has 0 aromatic rings. The molecule has 104 valence electrons. The molecule has 0 radical (unpaired) electrons. The highest BCUT2D eigenvalue weighted by Crippen LogP contribution is 2.25. The standard InChI is InChI=1S/C15H29N3/c1-13-4-3-7-18(10-13)14-5-8-17(9-6-14)15-11-16(2)12-15/h13-15H,3-12H2,1-2H3. The number of likely N-dealkylation sites (tertiary alicyclic amines) is 3. The molecule has 3 aliphatic heterocycles. The zero-order valence-corrected chi connectivity index (χ0v) is 12.1. The van der Waals surface area contributed by atoms with Crippen molar-refractivity contribution < 1.29 is 0 Å². The Morgan fingerprint density at radius 1 is 0.778 bits per heavy atom. The molecule has 3 saturated heterocycles. The molecule has 0 amide bonds. The Balaban J connectivity index is 1.45. The van der Waals surface area contributed by atoms with Crippen LogP contribution in [0.2, 0.25) is 0 Å². The maximum atomic E-state index is 2.79. The molecule has 0 aliphatic carbocycles. The molecular weight excluding hydrogens is 222 g/mol. The Hall–Kier alpha value is -0.120. The second kappa shape index (κ2) is 5.48. The van der Waals surface area contributed by atoms with E-state index in [1.807, 2.05) is 0 Å². The molecule has 0 bridgehead atoms. The third-order valence-electron chi connectivity index (χ3n) is 5.27. The highest BCUT2D eigenvalue weighted by atomic mass is 15.3. The number of likely N-dealkylation sites (N-methyl/N-ethyl adjacent to an activating group) is 1. The van der Waals surface area contributed by atoms with Gasteiger partial charge in [-0.3, -0.25) is 4.90 Å².